The zero-order valence-corrected chi connectivity index (χ0v) is 9.87. The molecule has 15 heavy (non-hydrogen) atoms. The molecular weight excluding hydrogens is 186 g/mol. The van der Waals surface area contributed by atoms with Gasteiger partial charge in [0.25, 0.3) is 0 Å². The van der Waals surface area contributed by atoms with Crippen molar-refractivity contribution in [2.24, 2.45) is 0 Å². The molecule has 3 heteroatoms. The monoisotopic (exact) mass is 207 g/mol. The molecule has 0 saturated heterocycles. The Morgan fingerprint density at radius 1 is 1.40 bits per heavy atom. The van der Waals surface area contributed by atoms with Crippen LogP contribution < -0.4 is 0 Å². The lowest BCUT2D eigenvalue weighted by molar-refractivity contribution is 0.527. The minimum Gasteiger partial charge on any atom is -0.252 e. The van der Waals surface area contributed by atoms with Crippen LogP contribution in [0.1, 0.15) is 45.2 Å². The molecule has 1 aromatic heterocycles. The number of hydrogen-bond acceptors (Lipinski definition) is 2. The molecule has 0 aliphatic carbocycles. The van der Waals surface area contributed by atoms with E-state index in [1.54, 1.807) is 0 Å². The lowest BCUT2D eigenvalue weighted by Crippen LogP contribution is -1.98. The molecule has 0 atom stereocenters. The Hall–Kier alpha value is -1.12. The summed E-state index contributed by atoms with van der Waals surface area (Å²) < 4.78 is 1.94. The van der Waals surface area contributed by atoms with Crippen LogP contribution in [0.5, 0.6) is 0 Å². The number of unbranched alkanes of at least 4 members (excludes halogenated alkanes) is 3. The molecule has 0 spiro atoms. The van der Waals surface area contributed by atoms with Crippen LogP contribution in [-0.2, 0) is 13.0 Å². The molecule has 1 aromatic rings. The van der Waals surface area contributed by atoms with Crippen LogP contribution in [0.3, 0.4) is 0 Å². The predicted octanol–water partition coefficient (Wildman–Crippen LogP) is 2.98. The van der Waals surface area contributed by atoms with Crippen molar-refractivity contribution in [2.45, 2.75) is 52.5 Å². The molecule has 84 valence electrons. The Morgan fingerprint density at radius 3 is 2.87 bits per heavy atom. The molecule has 0 fully saturated rings. The summed E-state index contributed by atoms with van der Waals surface area (Å²) in [5, 5.41) is 8.20. The average molecular weight is 207 g/mol. The van der Waals surface area contributed by atoms with E-state index in [4.69, 9.17) is 0 Å². The quantitative estimate of drug-likeness (QED) is 0.508. The molecule has 0 aromatic carbocycles. The highest BCUT2D eigenvalue weighted by atomic mass is 15.4. The lowest BCUT2D eigenvalue weighted by atomic mass is 10.2. The van der Waals surface area contributed by atoms with E-state index in [0.29, 0.717) is 0 Å². The van der Waals surface area contributed by atoms with Crippen LogP contribution >= 0.6 is 0 Å². The minimum absolute atomic E-state index is 0.842. The standard InChI is InChI=1S/C12H21N3/c1-4-5-6-7-8-15-10-12(13-14-15)9-11(2)3/h10H,2,4-9H2,1,3H3. The third kappa shape index (κ3) is 4.77. The highest BCUT2D eigenvalue weighted by molar-refractivity contribution is 5.05. The number of rotatable bonds is 7. The van der Waals surface area contributed by atoms with Crippen LogP contribution in [0.4, 0.5) is 0 Å². The SMILES string of the molecule is C=C(C)Cc1cn(CCCCCC)nn1. The first-order valence-electron chi connectivity index (χ1n) is 5.75. The smallest absolute Gasteiger partial charge is 0.0867 e. The molecular formula is C12H21N3. The van der Waals surface area contributed by atoms with E-state index in [1.165, 1.54) is 25.7 Å². The van der Waals surface area contributed by atoms with Crippen molar-refractivity contribution < 1.29 is 0 Å². The van der Waals surface area contributed by atoms with Gasteiger partial charge in [0.2, 0.25) is 0 Å². The van der Waals surface area contributed by atoms with E-state index in [1.807, 2.05) is 17.8 Å². The highest BCUT2D eigenvalue weighted by Gasteiger charge is 2.00. The number of allylic oxidation sites excluding steroid dienone is 1. The predicted molar refractivity (Wildman–Crippen MR) is 62.7 cm³/mol. The van der Waals surface area contributed by atoms with Gasteiger partial charge < -0.3 is 0 Å². The van der Waals surface area contributed by atoms with Crippen molar-refractivity contribution in [1.29, 1.82) is 0 Å². The number of aryl methyl sites for hydroxylation is 1. The summed E-state index contributed by atoms with van der Waals surface area (Å²) in [5.74, 6) is 0. The fourth-order valence-corrected chi connectivity index (χ4v) is 1.54. The van der Waals surface area contributed by atoms with Gasteiger partial charge in [-0.1, -0.05) is 43.6 Å². The topological polar surface area (TPSA) is 30.7 Å². The number of nitrogens with zero attached hydrogens (tertiary/aromatic N) is 3. The molecule has 1 heterocycles. The van der Waals surface area contributed by atoms with Crippen molar-refractivity contribution in [1.82, 2.24) is 15.0 Å². The van der Waals surface area contributed by atoms with Crippen LogP contribution in [0.15, 0.2) is 18.3 Å². The summed E-state index contributed by atoms with van der Waals surface area (Å²) >= 11 is 0. The van der Waals surface area contributed by atoms with Crippen molar-refractivity contribution >= 4 is 0 Å². The van der Waals surface area contributed by atoms with Crippen molar-refractivity contribution in [3.8, 4) is 0 Å². The summed E-state index contributed by atoms with van der Waals surface area (Å²) in [7, 11) is 0. The van der Waals surface area contributed by atoms with Gasteiger partial charge in [-0.3, -0.25) is 4.68 Å². The second kappa shape index (κ2) is 6.38. The molecule has 0 unspecified atom stereocenters. The van der Waals surface area contributed by atoms with Crippen LogP contribution in [-0.4, -0.2) is 15.0 Å². The van der Waals surface area contributed by atoms with Gasteiger partial charge in [0, 0.05) is 19.2 Å². The normalized spacial score (nSPS) is 10.5. The third-order valence-electron chi connectivity index (χ3n) is 2.31. The fraction of sp³-hybridized carbons (Fsp3) is 0.667. The molecule has 0 radical (unpaired) electrons. The van der Waals surface area contributed by atoms with Gasteiger partial charge >= 0.3 is 0 Å². The molecule has 3 nitrogen and oxygen atoms in total. The first-order valence-corrected chi connectivity index (χ1v) is 5.75. The largest absolute Gasteiger partial charge is 0.252 e. The highest BCUT2D eigenvalue weighted by Crippen LogP contribution is 2.04. The van der Waals surface area contributed by atoms with E-state index in [-0.39, 0.29) is 0 Å². The van der Waals surface area contributed by atoms with E-state index in [0.717, 1.165) is 24.2 Å². The average Bonchev–Trinajstić information content (AvgIpc) is 2.59. The van der Waals surface area contributed by atoms with Gasteiger partial charge in [0.1, 0.15) is 0 Å². The summed E-state index contributed by atoms with van der Waals surface area (Å²) in [6.45, 7) is 9.10. The van der Waals surface area contributed by atoms with E-state index < -0.39 is 0 Å². The van der Waals surface area contributed by atoms with Gasteiger partial charge in [-0.25, -0.2) is 0 Å². The molecule has 0 aliphatic heterocycles. The summed E-state index contributed by atoms with van der Waals surface area (Å²) in [6, 6.07) is 0. The van der Waals surface area contributed by atoms with Crippen molar-refractivity contribution in [3.05, 3.63) is 24.0 Å². The Bertz CT molecular complexity index is 302. The fourth-order valence-electron chi connectivity index (χ4n) is 1.54. The van der Waals surface area contributed by atoms with Gasteiger partial charge in [-0.2, -0.15) is 0 Å². The van der Waals surface area contributed by atoms with Gasteiger partial charge in [0.15, 0.2) is 0 Å². The Kier molecular flexibility index (Phi) is 5.08. The zero-order valence-electron chi connectivity index (χ0n) is 9.87. The summed E-state index contributed by atoms with van der Waals surface area (Å²) in [6.07, 6.45) is 7.94. The van der Waals surface area contributed by atoms with Crippen LogP contribution in [0.25, 0.3) is 0 Å². The maximum absolute atomic E-state index is 4.11. The van der Waals surface area contributed by atoms with E-state index >= 15 is 0 Å². The number of aromatic nitrogens is 3. The van der Waals surface area contributed by atoms with Crippen LogP contribution in [0, 0.1) is 0 Å². The van der Waals surface area contributed by atoms with E-state index in [2.05, 4.69) is 23.8 Å². The molecule has 0 bridgehead atoms. The molecule has 0 aliphatic rings. The lowest BCUT2D eigenvalue weighted by Gasteiger charge is -1.98. The van der Waals surface area contributed by atoms with Crippen molar-refractivity contribution in [3.63, 3.8) is 0 Å². The molecule has 1 rings (SSSR count). The Morgan fingerprint density at radius 2 is 2.20 bits per heavy atom. The number of hydrogen-bond donors (Lipinski definition) is 0. The molecule has 0 amide bonds. The van der Waals surface area contributed by atoms with Crippen LogP contribution in [0.2, 0.25) is 0 Å². The second-order valence-corrected chi connectivity index (χ2v) is 4.17. The summed E-state index contributed by atoms with van der Waals surface area (Å²) in [5.41, 5.74) is 2.16. The van der Waals surface area contributed by atoms with Gasteiger partial charge in [0.05, 0.1) is 5.69 Å². The van der Waals surface area contributed by atoms with E-state index in [9.17, 15) is 0 Å². The zero-order chi connectivity index (χ0) is 11.1. The second-order valence-electron chi connectivity index (χ2n) is 4.17. The van der Waals surface area contributed by atoms with Gasteiger partial charge in [-0.05, 0) is 13.3 Å². The molecule has 0 N–H and O–H groups in total. The Balaban J connectivity index is 2.29. The first-order chi connectivity index (χ1) is 7.22. The first kappa shape index (κ1) is 12.0. The summed E-state index contributed by atoms with van der Waals surface area (Å²) in [4.78, 5) is 0. The van der Waals surface area contributed by atoms with Crippen molar-refractivity contribution in [2.75, 3.05) is 0 Å². The molecule has 0 saturated carbocycles. The maximum atomic E-state index is 4.11. The third-order valence-corrected chi connectivity index (χ3v) is 2.31. The Labute approximate surface area is 92.2 Å². The minimum atomic E-state index is 0.842. The maximum Gasteiger partial charge on any atom is 0.0867 e. The van der Waals surface area contributed by atoms with Gasteiger partial charge in [-0.15, -0.1) is 5.10 Å².